The van der Waals surface area contributed by atoms with Crippen LogP contribution in [0.5, 0.6) is 17.2 Å². The van der Waals surface area contributed by atoms with Crippen LogP contribution in [0.1, 0.15) is 51.9 Å². The predicted molar refractivity (Wildman–Crippen MR) is 145 cm³/mol. The number of phenolic OH excluding ortho intramolecular Hbond substituents is 1. The fourth-order valence-electron chi connectivity index (χ4n) is 4.37. The van der Waals surface area contributed by atoms with Crippen LogP contribution in [0.15, 0.2) is 42.0 Å². The molecule has 2 N–H and O–H groups in total. The number of rotatable bonds is 8. The lowest BCUT2D eigenvalue weighted by Crippen LogP contribution is -2.29. The minimum absolute atomic E-state index is 0.0821. The van der Waals surface area contributed by atoms with E-state index < -0.39 is 29.5 Å². The van der Waals surface area contributed by atoms with E-state index in [-0.39, 0.29) is 40.3 Å². The first-order valence-electron chi connectivity index (χ1n) is 12.2. The zero-order valence-electron chi connectivity index (χ0n) is 22.1. The van der Waals surface area contributed by atoms with Gasteiger partial charge in [0.05, 0.1) is 37.6 Å². The van der Waals surface area contributed by atoms with Crippen LogP contribution >= 0.6 is 11.3 Å². The van der Waals surface area contributed by atoms with Gasteiger partial charge in [0.15, 0.2) is 16.6 Å². The molecule has 3 aromatic rings. The van der Waals surface area contributed by atoms with Gasteiger partial charge in [-0.2, -0.15) is 0 Å². The molecule has 1 aliphatic rings. The quantitative estimate of drug-likeness (QED) is 0.177. The molecule has 0 saturated carbocycles. The Labute approximate surface area is 229 Å². The molecule has 1 fully saturated rings. The normalized spacial score (nSPS) is 16.4. The molecule has 10 nitrogen and oxygen atoms in total. The maximum absolute atomic E-state index is 13.5. The molecule has 2 aromatic carbocycles. The van der Waals surface area contributed by atoms with Gasteiger partial charge in [-0.15, -0.1) is 0 Å². The molecule has 0 radical (unpaired) electrons. The van der Waals surface area contributed by atoms with E-state index in [0.717, 1.165) is 16.2 Å². The van der Waals surface area contributed by atoms with Crippen LogP contribution in [0, 0.1) is 13.8 Å². The highest BCUT2D eigenvalue weighted by molar-refractivity contribution is 7.17. The highest BCUT2D eigenvalue weighted by Crippen LogP contribution is 2.45. The van der Waals surface area contributed by atoms with Gasteiger partial charge in [-0.25, -0.2) is 9.78 Å². The van der Waals surface area contributed by atoms with Crippen LogP contribution in [0.2, 0.25) is 0 Å². The summed E-state index contributed by atoms with van der Waals surface area (Å²) in [7, 11) is 1.52. The highest BCUT2D eigenvalue weighted by Gasteiger charge is 2.48. The van der Waals surface area contributed by atoms with E-state index in [0.29, 0.717) is 28.1 Å². The summed E-state index contributed by atoms with van der Waals surface area (Å²) in [6, 6.07) is 8.16. The van der Waals surface area contributed by atoms with Crippen molar-refractivity contribution in [2.45, 2.75) is 33.7 Å². The molecule has 11 heteroatoms. The third kappa shape index (κ3) is 5.05. The molecule has 204 valence electrons. The number of aliphatic hydroxyl groups excluding tert-OH is 1. The van der Waals surface area contributed by atoms with Crippen LogP contribution in [0.4, 0.5) is 5.13 Å². The molecule has 0 unspecified atom stereocenters. The molecule has 0 aliphatic carbocycles. The Kier molecular flexibility index (Phi) is 7.91. The van der Waals surface area contributed by atoms with Crippen molar-refractivity contribution in [1.82, 2.24) is 4.98 Å². The average Bonchev–Trinajstić information content (AvgIpc) is 3.41. The van der Waals surface area contributed by atoms with E-state index in [9.17, 15) is 24.6 Å². The number of aromatic hydroxyl groups is 1. The summed E-state index contributed by atoms with van der Waals surface area (Å²) < 4.78 is 15.9. The largest absolute Gasteiger partial charge is 0.507 e. The number of aromatic nitrogens is 1. The van der Waals surface area contributed by atoms with Gasteiger partial charge >= 0.3 is 11.9 Å². The number of carbonyl (C=O) groups excluding carboxylic acids is 3. The number of aliphatic hydroxyl groups is 1. The Hall–Kier alpha value is -4.38. The molecule has 1 atom stereocenters. The van der Waals surface area contributed by atoms with Crippen molar-refractivity contribution in [1.29, 1.82) is 0 Å². The van der Waals surface area contributed by atoms with Crippen LogP contribution in [0.25, 0.3) is 5.76 Å². The fraction of sp³-hybridized carbons (Fsp3) is 0.286. The van der Waals surface area contributed by atoms with Gasteiger partial charge in [0.1, 0.15) is 16.4 Å². The second-order valence-corrected chi connectivity index (χ2v) is 9.62. The molecule has 1 aliphatic heterocycles. The molecule has 4 rings (SSSR count). The molecule has 39 heavy (non-hydrogen) atoms. The molecular formula is C28H28N2O8S. The summed E-state index contributed by atoms with van der Waals surface area (Å²) in [6.07, 6.45) is 0. The third-order valence-electron chi connectivity index (χ3n) is 6.16. The molecule has 1 amide bonds. The number of ketones is 1. The van der Waals surface area contributed by atoms with Gasteiger partial charge in [-0.3, -0.25) is 14.5 Å². The lowest BCUT2D eigenvalue weighted by Gasteiger charge is -2.23. The number of anilines is 1. The number of Topliss-reactive ketones (excluding diaryl/α,β-unsaturated/α-hetero) is 1. The number of esters is 1. The summed E-state index contributed by atoms with van der Waals surface area (Å²) >= 11 is 0.909. The van der Waals surface area contributed by atoms with Crippen LogP contribution in [-0.4, -0.2) is 53.2 Å². The average molecular weight is 553 g/mol. The van der Waals surface area contributed by atoms with Crippen molar-refractivity contribution in [2.75, 3.05) is 25.2 Å². The standard InChI is InChI=1S/C28H28N2O8S/c1-6-37-20-13-16(8-10-18(20)31)22-21(23(32)17-9-11-19(36-5)14(3)12-17)24(33)26(34)30(22)28-29-15(4)25(39-28)27(35)38-7-2/h8-13,22,31-32H,6-7H2,1-5H3/b23-21+/t22-/m1/s1. The summed E-state index contributed by atoms with van der Waals surface area (Å²) in [4.78, 5) is 45.2. The second kappa shape index (κ2) is 11.2. The number of phenols is 1. The van der Waals surface area contributed by atoms with E-state index in [2.05, 4.69) is 4.98 Å². The number of methoxy groups -OCH3 is 1. The number of hydrogen-bond acceptors (Lipinski definition) is 10. The number of benzene rings is 2. The molecular weight excluding hydrogens is 524 g/mol. The lowest BCUT2D eigenvalue weighted by atomic mass is 9.94. The molecule has 1 aromatic heterocycles. The van der Waals surface area contributed by atoms with Crippen molar-refractivity contribution in [3.05, 3.63) is 69.2 Å². The van der Waals surface area contributed by atoms with Gasteiger partial charge < -0.3 is 24.4 Å². The predicted octanol–water partition coefficient (Wildman–Crippen LogP) is 4.68. The first-order valence-corrected chi connectivity index (χ1v) is 13.0. The summed E-state index contributed by atoms with van der Waals surface area (Å²) in [6.45, 7) is 7.23. The first-order chi connectivity index (χ1) is 18.6. The number of hydrogen-bond donors (Lipinski definition) is 2. The van der Waals surface area contributed by atoms with Gasteiger partial charge in [-0.05, 0) is 69.2 Å². The van der Waals surface area contributed by atoms with Crippen molar-refractivity contribution >= 4 is 39.9 Å². The zero-order chi connectivity index (χ0) is 28.4. The van der Waals surface area contributed by atoms with E-state index in [1.807, 2.05) is 0 Å². The summed E-state index contributed by atoms with van der Waals surface area (Å²) in [5.74, 6) is -2.24. The number of aryl methyl sites for hydroxylation is 2. The number of nitrogens with zero attached hydrogens (tertiary/aromatic N) is 2. The molecule has 0 bridgehead atoms. The van der Waals surface area contributed by atoms with Gasteiger partial charge in [0.25, 0.3) is 5.78 Å². The van der Waals surface area contributed by atoms with Crippen LogP contribution < -0.4 is 14.4 Å². The zero-order valence-corrected chi connectivity index (χ0v) is 22.9. The van der Waals surface area contributed by atoms with Crippen molar-refractivity contribution in [3.8, 4) is 17.2 Å². The molecule has 1 saturated heterocycles. The Balaban J connectivity index is 1.95. The third-order valence-corrected chi connectivity index (χ3v) is 7.30. The molecule has 0 spiro atoms. The highest BCUT2D eigenvalue weighted by atomic mass is 32.1. The number of ether oxygens (including phenoxy) is 3. The Morgan fingerprint density at radius 3 is 2.46 bits per heavy atom. The van der Waals surface area contributed by atoms with Crippen molar-refractivity contribution < 1.29 is 38.8 Å². The van der Waals surface area contributed by atoms with E-state index in [4.69, 9.17) is 14.2 Å². The minimum Gasteiger partial charge on any atom is -0.507 e. The van der Waals surface area contributed by atoms with Crippen molar-refractivity contribution in [2.24, 2.45) is 0 Å². The number of thiazole rings is 1. The van der Waals surface area contributed by atoms with Crippen LogP contribution in [-0.2, 0) is 14.3 Å². The smallest absolute Gasteiger partial charge is 0.350 e. The Bertz CT molecular complexity index is 1490. The Morgan fingerprint density at radius 1 is 1.08 bits per heavy atom. The maximum Gasteiger partial charge on any atom is 0.350 e. The SMILES string of the molecule is CCOC(=O)c1sc(N2C(=O)C(=O)/C(=C(/O)c3ccc(OC)c(C)c3)[C@H]2c2ccc(O)c(OCC)c2)nc1C. The summed E-state index contributed by atoms with van der Waals surface area (Å²) in [5, 5.41) is 21.8. The minimum atomic E-state index is -1.13. The fourth-order valence-corrected chi connectivity index (χ4v) is 5.36. The van der Waals surface area contributed by atoms with Crippen molar-refractivity contribution in [3.63, 3.8) is 0 Å². The van der Waals surface area contributed by atoms with E-state index in [1.54, 1.807) is 45.9 Å². The van der Waals surface area contributed by atoms with Gasteiger partial charge in [-0.1, -0.05) is 17.4 Å². The number of amides is 1. The topological polar surface area (TPSA) is 135 Å². The lowest BCUT2D eigenvalue weighted by molar-refractivity contribution is -0.132. The van der Waals surface area contributed by atoms with E-state index >= 15 is 0 Å². The monoisotopic (exact) mass is 552 g/mol. The Morgan fingerprint density at radius 2 is 1.82 bits per heavy atom. The second-order valence-electron chi connectivity index (χ2n) is 8.65. The van der Waals surface area contributed by atoms with Gasteiger partial charge in [0, 0.05) is 5.56 Å². The van der Waals surface area contributed by atoms with Gasteiger partial charge in [0.2, 0.25) is 0 Å². The first kappa shape index (κ1) is 27.6. The maximum atomic E-state index is 13.5. The van der Waals surface area contributed by atoms with Crippen LogP contribution in [0.3, 0.4) is 0 Å². The molecule has 2 heterocycles. The number of carbonyl (C=O) groups is 3. The van der Waals surface area contributed by atoms with E-state index in [1.165, 1.54) is 25.3 Å². The summed E-state index contributed by atoms with van der Waals surface area (Å²) in [5.41, 5.74) is 1.56.